The Balaban J connectivity index is 2.29. The molecule has 1 aromatic heterocycles. The molecule has 2 rings (SSSR count). The minimum atomic E-state index is 0.209. The second-order valence-electron chi connectivity index (χ2n) is 3.21. The van der Waals surface area contributed by atoms with Gasteiger partial charge in [-0.3, -0.25) is 0 Å². The van der Waals surface area contributed by atoms with Crippen molar-refractivity contribution in [2.45, 2.75) is 6.54 Å². The topological polar surface area (TPSA) is 58.3 Å². The van der Waals surface area contributed by atoms with Crippen LogP contribution in [0.4, 0.5) is 0 Å². The van der Waals surface area contributed by atoms with E-state index in [1.165, 1.54) is 0 Å². The highest BCUT2D eigenvalue weighted by molar-refractivity contribution is 5.55. The molecule has 2 N–H and O–H groups in total. The van der Waals surface area contributed by atoms with Gasteiger partial charge >= 0.3 is 0 Å². The summed E-state index contributed by atoms with van der Waals surface area (Å²) in [6, 6.07) is 6.83. The summed E-state index contributed by atoms with van der Waals surface area (Å²) in [5, 5.41) is 12.3. The number of hydrogen-bond donors (Lipinski definition) is 2. The van der Waals surface area contributed by atoms with Crippen molar-refractivity contribution in [3.63, 3.8) is 0 Å². The lowest BCUT2D eigenvalue weighted by atomic mass is 10.2. The third-order valence-electron chi connectivity index (χ3n) is 2.00. The van der Waals surface area contributed by atoms with Gasteiger partial charge in [0.25, 0.3) is 0 Å². The number of hydrogen-bond acceptors (Lipinski definition) is 4. The normalized spacial score (nSPS) is 10.5. The largest absolute Gasteiger partial charge is 0.508 e. The van der Waals surface area contributed by atoms with E-state index in [1.54, 1.807) is 24.4 Å². The van der Waals surface area contributed by atoms with Crippen LogP contribution in [0.3, 0.4) is 0 Å². The fourth-order valence-corrected chi connectivity index (χ4v) is 1.34. The average molecular weight is 204 g/mol. The zero-order chi connectivity index (χ0) is 10.7. The molecule has 4 nitrogen and oxygen atoms in total. The van der Waals surface area contributed by atoms with Gasteiger partial charge in [-0.25, -0.2) is 4.98 Å². The predicted octanol–water partition coefficient (Wildman–Crippen LogP) is 1.77. The molecule has 0 atom stereocenters. The van der Waals surface area contributed by atoms with Crippen molar-refractivity contribution in [1.29, 1.82) is 0 Å². The van der Waals surface area contributed by atoms with Gasteiger partial charge in [0.15, 0.2) is 0 Å². The maximum atomic E-state index is 9.30. The molecule has 0 aliphatic carbocycles. The van der Waals surface area contributed by atoms with Crippen LogP contribution < -0.4 is 5.32 Å². The Morgan fingerprint density at radius 3 is 3.07 bits per heavy atom. The smallest absolute Gasteiger partial charge is 0.226 e. The number of benzene rings is 1. The summed E-state index contributed by atoms with van der Waals surface area (Å²) < 4.78 is 5.48. The Kier molecular flexibility index (Phi) is 2.69. The van der Waals surface area contributed by atoms with E-state index in [9.17, 15) is 5.11 Å². The molecule has 15 heavy (non-hydrogen) atoms. The van der Waals surface area contributed by atoms with Crippen LogP contribution in [0.15, 0.2) is 34.9 Å². The van der Waals surface area contributed by atoms with Crippen LogP contribution in [0.25, 0.3) is 11.5 Å². The molecule has 1 heterocycles. The minimum absolute atomic E-state index is 0.209. The van der Waals surface area contributed by atoms with Gasteiger partial charge in [-0.15, -0.1) is 0 Å². The molecule has 0 radical (unpaired) electrons. The maximum absolute atomic E-state index is 9.30. The maximum Gasteiger partial charge on any atom is 0.226 e. The van der Waals surface area contributed by atoms with E-state index >= 15 is 0 Å². The van der Waals surface area contributed by atoms with Crippen molar-refractivity contribution in [3.05, 3.63) is 36.2 Å². The van der Waals surface area contributed by atoms with Gasteiger partial charge in [0.05, 0.1) is 12.7 Å². The second-order valence-corrected chi connectivity index (χ2v) is 3.21. The van der Waals surface area contributed by atoms with Crippen LogP contribution in [-0.4, -0.2) is 17.1 Å². The quantitative estimate of drug-likeness (QED) is 0.799. The predicted molar refractivity (Wildman–Crippen MR) is 56.4 cm³/mol. The van der Waals surface area contributed by atoms with Crippen LogP contribution in [-0.2, 0) is 6.54 Å². The van der Waals surface area contributed by atoms with Gasteiger partial charge in [-0.05, 0) is 25.2 Å². The van der Waals surface area contributed by atoms with Crippen LogP contribution in [0, 0.1) is 0 Å². The van der Waals surface area contributed by atoms with Gasteiger partial charge in [0, 0.05) is 5.56 Å². The second kappa shape index (κ2) is 4.14. The number of phenols is 1. The number of oxazole rings is 1. The first-order valence-electron chi connectivity index (χ1n) is 4.68. The average Bonchev–Trinajstić information content (AvgIpc) is 2.67. The van der Waals surface area contributed by atoms with Crippen molar-refractivity contribution in [2.24, 2.45) is 0 Å². The highest BCUT2D eigenvalue weighted by Crippen LogP contribution is 2.22. The van der Waals surface area contributed by atoms with Crippen LogP contribution in [0.5, 0.6) is 5.75 Å². The molecule has 78 valence electrons. The Bertz CT molecular complexity index is 451. The molecule has 4 heteroatoms. The fourth-order valence-electron chi connectivity index (χ4n) is 1.34. The molecule has 1 aromatic carbocycles. The van der Waals surface area contributed by atoms with E-state index in [0.717, 1.165) is 11.3 Å². The lowest BCUT2D eigenvalue weighted by molar-refractivity contribution is 0.474. The number of rotatable bonds is 3. The first-order valence-corrected chi connectivity index (χ1v) is 4.68. The molecule has 0 aliphatic heterocycles. The van der Waals surface area contributed by atoms with Crippen LogP contribution in [0.1, 0.15) is 5.76 Å². The van der Waals surface area contributed by atoms with Gasteiger partial charge in [0.1, 0.15) is 11.5 Å². The third-order valence-corrected chi connectivity index (χ3v) is 2.00. The summed E-state index contributed by atoms with van der Waals surface area (Å²) >= 11 is 0. The number of nitrogens with one attached hydrogen (secondary N) is 1. The first-order chi connectivity index (χ1) is 7.29. The van der Waals surface area contributed by atoms with E-state index in [4.69, 9.17) is 4.42 Å². The molecule has 0 saturated carbocycles. The lowest BCUT2D eigenvalue weighted by Gasteiger charge is -1.96. The minimum Gasteiger partial charge on any atom is -0.508 e. The van der Waals surface area contributed by atoms with Crippen molar-refractivity contribution >= 4 is 0 Å². The first kappa shape index (κ1) is 9.73. The van der Waals surface area contributed by atoms with E-state index < -0.39 is 0 Å². The monoisotopic (exact) mass is 204 g/mol. The number of phenolic OH excluding ortho intramolecular Hbond substituents is 1. The third kappa shape index (κ3) is 2.16. The zero-order valence-corrected chi connectivity index (χ0v) is 8.40. The van der Waals surface area contributed by atoms with Gasteiger partial charge in [-0.2, -0.15) is 0 Å². The lowest BCUT2D eigenvalue weighted by Crippen LogP contribution is -2.03. The Morgan fingerprint density at radius 1 is 1.47 bits per heavy atom. The Labute approximate surface area is 87.6 Å². The van der Waals surface area contributed by atoms with Gasteiger partial charge in [-0.1, -0.05) is 6.07 Å². The van der Waals surface area contributed by atoms with Crippen molar-refractivity contribution < 1.29 is 9.52 Å². The van der Waals surface area contributed by atoms with E-state index in [2.05, 4.69) is 10.3 Å². The van der Waals surface area contributed by atoms with E-state index in [-0.39, 0.29) is 5.75 Å². The van der Waals surface area contributed by atoms with Crippen molar-refractivity contribution in [3.8, 4) is 17.2 Å². The molecule has 0 amide bonds. The Morgan fingerprint density at radius 2 is 2.33 bits per heavy atom. The van der Waals surface area contributed by atoms with Gasteiger partial charge < -0.3 is 14.8 Å². The number of nitrogens with zero attached hydrogens (tertiary/aromatic N) is 1. The molecule has 0 unspecified atom stereocenters. The summed E-state index contributed by atoms with van der Waals surface area (Å²) in [6.45, 7) is 0.645. The zero-order valence-electron chi connectivity index (χ0n) is 8.40. The summed E-state index contributed by atoms with van der Waals surface area (Å²) in [6.07, 6.45) is 1.68. The summed E-state index contributed by atoms with van der Waals surface area (Å²) in [7, 11) is 1.84. The van der Waals surface area contributed by atoms with Crippen molar-refractivity contribution in [2.75, 3.05) is 7.05 Å². The summed E-state index contributed by atoms with van der Waals surface area (Å²) in [5.74, 6) is 1.51. The molecule has 0 saturated heterocycles. The highest BCUT2D eigenvalue weighted by Gasteiger charge is 2.06. The SMILES string of the molecule is CNCc1cnc(-c2cccc(O)c2)o1. The molecular weight excluding hydrogens is 192 g/mol. The highest BCUT2D eigenvalue weighted by atomic mass is 16.4. The number of aromatic nitrogens is 1. The van der Waals surface area contributed by atoms with Crippen LogP contribution in [0.2, 0.25) is 0 Å². The molecule has 0 aliphatic rings. The van der Waals surface area contributed by atoms with Crippen LogP contribution >= 0.6 is 0 Å². The molecule has 0 bridgehead atoms. The molecular formula is C11H12N2O2. The van der Waals surface area contributed by atoms with Gasteiger partial charge in [0.2, 0.25) is 5.89 Å². The molecule has 0 fully saturated rings. The number of aromatic hydroxyl groups is 1. The fraction of sp³-hybridized carbons (Fsp3) is 0.182. The van der Waals surface area contributed by atoms with E-state index in [0.29, 0.717) is 12.4 Å². The molecule has 0 spiro atoms. The molecule has 2 aromatic rings. The summed E-state index contributed by atoms with van der Waals surface area (Å²) in [5.41, 5.74) is 0.775. The van der Waals surface area contributed by atoms with Crippen molar-refractivity contribution in [1.82, 2.24) is 10.3 Å². The Hall–Kier alpha value is -1.81. The van der Waals surface area contributed by atoms with E-state index in [1.807, 2.05) is 13.1 Å². The summed E-state index contributed by atoms with van der Waals surface area (Å²) in [4.78, 5) is 4.13. The standard InChI is InChI=1S/C11H12N2O2/c1-12-6-10-7-13-11(15-10)8-3-2-4-9(14)5-8/h2-5,7,12,14H,6H2,1H3.